The normalized spacial score (nSPS) is 22.9. The van der Waals surface area contributed by atoms with Crippen molar-refractivity contribution in [2.45, 2.75) is 31.2 Å². The number of H-pyrrole nitrogens is 1. The summed E-state index contributed by atoms with van der Waals surface area (Å²) < 4.78 is 17.6. The molecule has 2 fully saturated rings. The van der Waals surface area contributed by atoms with Gasteiger partial charge < -0.3 is 24.5 Å². The molecule has 7 rings (SSSR count). The molecule has 3 atom stereocenters. The minimum atomic E-state index is -0.196. The Morgan fingerprint density at radius 2 is 1.83 bits per heavy atom. The maximum Gasteiger partial charge on any atom is 0.296 e. The lowest BCUT2D eigenvalue weighted by Gasteiger charge is -2.17. The Hall–Kier alpha value is -3.46. The molecule has 0 unspecified atom stereocenters. The number of rotatable bonds is 4. The zero-order valence-electron chi connectivity index (χ0n) is 19.3. The van der Waals surface area contributed by atoms with E-state index in [9.17, 15) is 4.79 Å². The second-order valence-electron chi connectivity index (χ2n) is 9.34. The van der Waals surface area contributed by atoms with Crippen LogP contribution >= 0.6 is 11.6 Å². The first-order chi connectivity index (χ1) is 17.6. The van der Waals surface area contributed by atoms with Gasteiger partial charge in [-0.1, -0.05) is 48.0 Å². The Morgan fingerprint density at radius 3 is 2.72 bits per heavy atom. The molecule has 182 valence electrons. The molecule has 2 aromatic heterocycles. The third-order valence-corrected chi connectivity index (χ3v) is 7.40. The van der Waals surface area contributed by atoms with Crippen molar-refractivity contribution in [3.05, 3.63) is 64.7 Å². The van der Waals surface area contributed by atoms with Crippen LogP contribution in [-0.2, 0) is 15.9 Å². The highest BCUT2D eigenvalue weighted by Gasteiger charge is 2.43. The first-order valence-electron chi connectivity index (χ1n) is 12.1. The van der Waals surface area contributed by atoms with Crippen LogP contribution in [-0.4, -0.2) is 58.9 Å². The van der Waals surface area contributed by atoms with Crippen LogP contribution in [0, 0.1) is 0 Å². The van der Waals surface area contributed by atoms with E-state index in [1.807, 2.05) is 42.5 Å². The lowest BCUT2D eigenvalue weighted by Crippen LogP contribution is -2.32. The number of nitrogens with zero attached hydrogens (tertiary/aromatic N) is 2. The van der Waals surface area contributed by atoms with Crippen molar-refractivity contribution in [3.8, 4) is 28.4 Å². The number of nitrogens with one attached hydrogen (secondary N) is 2. The first kappa shape index (κ1) is 21.8. The Labute approximate surface area is 211 Å². The third-order valence-electron chi connectivity index (χ3n) is 7.11. The maximum absolute atomic E-state index is 12.0. The standard InChI is InChI=1S/C27H23ClN4O4/c28-19-12-20-25(32-27(30-20)36-22-13-35-21-8-10-34-24(21)22)31-23(19)15-3-1-14(2-4-15)16-5-6-18-17(11-16)7-9-29-26(18)33/h1-6,11-12,21-22,24H,7-10,13H2,(H,29,33)(H,30,31,32)/t21-,22-,24+/m1/s1. The summed E-state index contributed by atoms with van der Waals surface area (Å²) in [7, 11) is 0. The van der Waals surface area contributed by atoms with Gasteiger partial charge in [-0.3, -0.25) is 4.79 Å². The van der Waals surface area contributed by atoms with Crippen molar-refractivity contribution >= 4 is 28.7 Å². The molecule has 0 radical (unpaired) electrons. The van der Waals surface area contributed by atoms with Gasteiger partial charge in [0.2, 0.25) is 0 Å². The number of hydrogen-bond donors (Lipinski definition) is 2. The second-order valence-corrected chi connectivity index (χ2v) is 9.75. The highest BCUT2D eigenvalue weighted by atomic mass is 35.5. The molecule has 0 spiro atoms. The fraction of sp³-hybridized carbons (Fsp3) is 0.296. The van der Waals surface area contributed by atoms with Crippen LogP contribution in [0.5, 0.6) is 6.01 Å². The van der Waals surface area contributed by atoms with E-state index in [2.05, 4.69) is 21.4 Å². The number of aromatic nitrogens is 3. The van der Waals surface area contributed by atoms with Crippen molar-refractivity contribution in [2.75, 3.05) is 19.8 Å². The Kier molecular flexibility index (Phi) is 5.20. The quantitative estimate of drug-likeness (QED) is 0.434. The zero-order chi connectivity index (χ0) is 24.2. The summed E-state index contributed by atoms with van der Waals surface area (Å²) in [5.74, 6) is -0.00572. The molecule has 2 N–H and O–H groups in total. The number of imidazole rings is 1. The SMILES string of the molecule is O=C1NCCc2cc(-c3ccc(-c4nc5nc(O[C@@H]6CO[C@@H]7CCO[C@@H]76)[nH]c5cc4Cl)cc3)ccc21. The minimum Gasteiger partial charge on any atom is -0.456 e. The van der Waals surface area contributed by atoms with Crippen LogP contribution in [0.4, 0.5) is 0 Å². The van der Waals surface area contributed by atoms with Gasteiger partial charge in [-0.05, 0) is 41.7 Å². The molecule has 2 saturated heterocycles. The number of fused-ring (bicyclic) bond motifs is 3. The predicted molar refractivity (Wildman–Crippen MR) is 134 cm³/mol. The Morgan fingerprint density at radius 1 is 1.00 bits per heavy atom. The maximum atomic E-state index is 12.0. The van der Waals surface area contributed by atoms with Gasteiger partial charge >= 0.3 is 0 Å². The molecule has 0 saturated carbocycles. The fourth-order valence-corrected chi connectivity index (χ4v) is 5.52. The number of amides is 1. The highest BCUT2D eigenvalue weighted by molar-refractivity contribution is 6.33. The van der Waals surface area contributed by atoms with E-state index in [1.165, 1.54) is 0 Å². The number of carbonyl (C=O) groups is 1. The number of carbonyl (C=O) groups excluding carboxylic acids is 1. The second kappa shape index (κ2) is 8.58. The van der Waals surface area contributed by atoms with Gasteiger partial charge in [0.05, 0.1) is 28.9 Å². The summed E-state index contributed by atoms with van der Waals surface area (Å²) in [6.45, 7) is 1.85. The van der Waals surface area contributed by atoms with Gasteiger partial charge in [-0.2, -0.15) is 4.98 Å². The van der Waals surface area contributed by atoms with Crippen molar-refractivity contribution in [2.24, 2.45) is 0 Å². The summed E-state index contributed by atoms with van der Waals surface area (Å²) >= 11 is 6.61. The van der Waals surface area contributed by atoms with Crippen molar-refractivity contribution in [1.29, 1.82) is 0 Å². The van der Waals surface area contributed by atoms with E-state index in [-0.39, 0.29) is 24.2 Å². The molecule has 0 bridgehead atoms. The van der Waals surface area contributed by atoms with Gasteiger partial charge in [0, 0.05) is 24.3 Å². The number of hydrogen-bond acceptors (Lipinski definition) is 6. The van der Waals surface area contributed by atoms with Gasteiger partial charge in [-0.25, -0.2) is 4.98 Å². The van der Waals surface area contributed by atoms with Crippen molar-refractivity contribution in [3.63, 3.8) is 0 Å². The van der Waals surface area contributed by atoms with Crippen LogP contribution in [0.2, 0.25) is 5.02 Å². The average Bonchev–Trinajstić information content (AvgIpc) is 3.61. The summed E-state index contributed by atoms with van der Waals surface area (Å²) in [5, 5.41) is 3.41. The van der Waals surface area contributed by atoms with Gasteiger partial charge in [-0.15, -0.1) is 0 Å². The molecule has 4 aromatic rings. The average molecular weight is 503 g/mol. The third kappa shape index (κ3) is 3.73. The smallest absolute Gasteiger partial charge is 0.296 e. The molecule has 5 heterocycles. The van der Waals surface area contributed by atoms with E-state index in [1.54, 1.807) is 0 Å². The predicted octanol–water partition coefficient (Wildman–Crippen LogP) is 4.17. The monoisotopic (exact) mass is 502 g/mol. The molecule has 2 aromatic carbocycles. The Bertz CT molecular complexity index is 1490. The number of aromatic amines is 1. The fourth-order valence-electron chi connectivity index (χ4n) is 5.26. The van der Waals surface area contributed by atoms with Gasteiger partial charge in [0.25, 0.3) is 11.9 Å². The molecular formula is C27H23ClN4O4. The van der Waals surface area contributed by atoms with Crippen molar-refractivity contribution in [1.82, 2.24) is 20.3 Å². The molecule has 1 amide bonds. The van der Waals surface area contributed by atoms with Crippen LogP contribution < -0.4 is 10.1 Å². The molecular weight excluding hydrogens is 480 g/mol. The molecule has 8 nitrogen and oxygen atoms in total. The van der Waals surface area contributed by atoms with Crippen molar-refractivity contribution < 1.29 is 19.0 Å². The van der Waals surface area contributed by atoms with Crippen LogP contribution in [0.15, 0.2) is 48.5 Å². The summed E-state index contributed by atoms with van der Waals surface area (Å²) in [6.07, 6.45) is 1.58. The van der Waals surface area contributed by atoms with Crippen LogP contribution in [0.25, 0.3) is 33.5 Å². The lowest BCUT2D eigenvalue weighted by atomic mass is 9.94. The minimum absolute atomic E-state index is 0.00572. The summed E-state index contributed by atoms with van der Waals surface area (Å²) in [6, 6.07) is 16.3. The summed E-state index contributed by atoms with van der Waals surface area (Å²) in [5.41, 5.74) is 6.74. The Balaban J connectivity index is 1.14. The van der Waals surface area contributed by atoms with Crippen LogP contribution in [0.1, 0.15) is 22.3 Å². The van der Waals surface area contributed by atoms with Crippen LogP contribution in [0.3, 0.4) is 0 Å². The number of ether oxygens (including phenoxy) is 3. The summed E-state index contributed by atoms with van der Waals surface area (Å²) in [4.78, 5) is 24.4. The van der Waals surface area contributed by atoms with E-state index in [0.717, 1.165) is 40.7 Å². The molecule has 9 heteroatoms. The number of pyridine rings is 1. The number of halogens is 1. The van der Waals surface area contributed by atoms with E-state index >= 15 is 0 Å². The van der Waals surface area contributed by atoms with E-state index in [0.29, 0.717) is 47.6 Å². The first-order valence-corrected chi connectivity index (χ1v) is 12.5. The van der Waals surface area contributed by atoms with E-state index < -0.39 is 0 Å². The zero-order valence-corrected chi connectivity index (χ0v) is 20.0. The molecule has 36 heavy (non-hydrogen) atoms. The topological polar surface area (TPSA) is 98.4 Å². The van der Waals surface area contributed by atoms with Gasteiger partial charge in [0.15, 0.2) is 11.8 Å². The lowest BCUT2D eigenvalue weighted by molar-refractivity contribution is 0.0273. The molecule has 0 aliphatic carbocycles. The molecule has 3 aliphatic rings. The highest BCUT2D eigenvalue weighted by Crippen LogP contribution is 2.33. The largest absolute Gasteiger partial charge is 0.456 e. The molecule has 3 aliphatic heterocycles. The van der Waals surface area contributed by atoms with Gasteiger partial charge in [0.1, 0.15) is 6.10 Å². The van der Waals surface area contributed by atoms with E-state index in [4.69, 9.17) is 30.8 Å². The number of benzene rings is 2.